The topological polar surface area (TPSA) is 88.4 Å². The molecule has 7 nitrogen and oxygen atoms in total. The Labute approximate surface area is 257 Å². The van der Waals surface area contributed by atoms with Crippen LogP contribution in [0.15, 0.2) is 61.1 Å². The highest BCUT2D eigenvalue weighted by Crippen LogP contribution is 2.43. The number of carboxylic acids is 1. The number of carboxylic acid groups (broad SMARTS) is 1. The van der Waals surface area contributed by atoms with Crippen molar-refractivity contribution in [1.29, 1.82) is 0 Å². The lowest BCUT2D eigenvalue weighted by molar-refractivity contribution is -0.136. The average Bonchev–Trinajstić information content (AvgIpc) is 3.28. The number of nitrogens with zero attached hydrogens (tertiary/aromatic N) is 4. The van der Waals surface area contributed by atoms with Gasteiger partial charge in [-0.15, -0.1) is 0 Å². The second-order valence-electron chi connectivity index (χ2n) is 12.3. The van der Waals surface area contributed by atoms with Gasteiger partial charge < -0.3 is 14.7 Å². The van der Waals surface area contributed by atoms with E-state index < -0.39 is 5.97 Å². The van der Waals surface area contributed by atoms with Gasteiger partial charge in [0.2, 0.25) is 5.95 Å². The molecule has 1 atom stereocenters. The molecule has 1 saturated heterocycles. The molecule has 2 aliphatic rings. The number of benzene rings is 3. The first kappa shape index (κ1) is 28.3. The van der Waals surface area contributed by atoms with Crippen LogP contribution in [0.1, 0.15) is 55.7 Å². The van der Waals surface area contributed by atoms with Crippen LogP contribution in [0.3, 0.4) is 0 Å². The number of aryl methyl sites for hydroxylation is 1. The van der Waals surface area contributed by atoms with E-state index in [-0.39, 0.29) is 6.42 Å². The van der Waals surface area contributed by atoms with Crippen LogP contribution in [0.5, 0.6) is 5.75 Å². The molecule has 0 amide bonds. The molecule has 0 spiro atoms. The van der Waals surface area contributed by atoms with Gasteiger partial charge in [0.15, 0.2) is 0 Å². The van der Waals surface area contributed by atoms with Gasteiger partial charge in [0.05, 0.1) is 18.5 Å². The Hall–Kier alpha value is -4.52. The van der Waals surface area contributed by atoms with Gasteiger partial charge in [-0.25, -0.2) is 9.97 Å². The summed E-state index contributed by atoms with van der Waals surface area (Å²) in [6, 6.07) is 14.6. The van der Waals surface area contributed by atoms with Gasteiger partial charge in [0.1, 0.15) is 5.75 Å². The average molecular weight is 587 g/mol. The van der Waals surface area contributed by atoms with Gasteiger partial charge in [-0.3, -0.25) is 9.78 Å². The number of aromatic nitrogens is 3. The monoisotopic (exact) mass is 586 g/mol. The van der Waals surface area contributed by atoms with Gasteiger partial charge in [-0.1, -0.05) is 38.0 Å². The fourth-order valence-corrected chi connectivity index (χ4v) is 7.26. The van der Waals surface area contributed by atoms with Crippen molar-refractivity contribution in [2.75, 3.05) is 24.6 Å². The van der Waals surface area contributed by atoms with Crippen molar-refractivity contribution >= 4 is 33.6 Å². The zero-order valence-electron chi connectivity index (χ0n) is 25.5. The maximum atomic E-state index is 12.1. The van der Waals surface area contributed by atoms with Crippen LogP contribution in [-0.2, 0) is 17.6 Å². The Balaban J connectivity index is 1.29. The predicted octanol–water partition coefficient (Wildman–Crippen LogP) is 7.79. The Kier molecular flexibility index (Phi) is 7.62. The molecule has 224 valence electrons. The van der Waals surface area contributed by atoms with E-state index in [4.69, 9.17) is 19.7 Å². The Morgan fingerprint density at radius 3 is 2.70 bits per heavy atom. The van der Waals surface area contributed by atoms with Crippen molar-refractivity contribution < 1.29 is 14.6 Å². The summed E-state index contributed by atoms with van der Waals surface area (Å²) < 4.78 is 5.98. The van der Waals surface area contributed by atoms with E-state index in [1.807, 2.05) is 37.6 Å². The Morgan fingerprint density at radius 1 is 1.02 bits per heavy atom. The Bertz CT molecular complexity index is 1860. The van der Waals surface area contributed by atoms with Crippen molar-refractivity contribution in [3.05, 3.63) is 77.7 Å². The number of rotatable bonds is 7. The minimum atomic E-state index is -0.855. The van der Waals surface area contributed by atoms with Gasteiger partial charge in [-0.2, -0.15) is 0 Å². The van der Waals surface area contributed by atoms with Crippen molar-refractivity contribution in [2.45, 2.75) is 58.8 Å². The minimum Gasteiger partial charge on any atom is -0.493 e. The summed E-state index contributed by atoms with van der Waals surface area (Å²) in [4.78, 5) is 28.8. The third-order valence-electron chi connectivity index (χ3n) is 9.44. The van der Waals surface area contributed by atoms with Crippen LogP contribution in [0.25, 0.3) is 43.9 Å². The van der Waals surface area contributed by atoms with E-state index in [0.29, 0.717) is 6.61 Å². The van der Waals surface area contributed by atoms with Gasteiger partial charge in [0, 0.05) is 54.6 Å². The van der Waals surface area contributed by atoms with E-state index in [1.165, 1.54) is 37.7 Å². The summed E-state index contributed by atoms with van der Waals surface area (Å²) >= 11 is 0. The number of carbonyl (C=O) groups is 1. The summed E-state index contributed by atoms with van der Waals surface area (Å²) in [5.41, 5.74) is 7.65. The van der Waals surface area contributed by atoms with Crippen molar-refractivity contribution in [2.24, 2.45) is 5.92 Å². The highest BCUT2D eigenvalue weighted by atomic mass is 16.5. The van der Waals surface area contributed by atoms with Crippen LogP contribution in [0, 0.1) is 12.8 Å². The van der Waals surface area contributed by atoms with Crippen LogP contribution >= 0.6 is 0 Å². The molecule has 1 N–H and O–H groups in total. The molecule has 0 radical (unpaired) electrons. The predicted molar refractivity (Wildman–Crippen MR) is 175 cm³/mol. The SMILES string of the molecule is CCCC1CCCN(c2ncc(-c3ccc4c(-c5ccc6c7c(ccnc57)CCO6)c(CC(=O)O)c(C)cc4c3)cn2)CC1. The molecule has 44 heavy (non-hydrogen) atoms. The molecule has 0 aliphatic carbocycles. The van der Waals surface area contributed by atoms with E-state index in [1.54, 1.807) is 0 Å². The lowest BCUT2D eigenvalue weighted by atomic mass is 9.86. The highest BCUT2D eigenvalue weighted by molar-refractivity contribution is 6.09. The molecule has 7 heteroatoms. The quantitative estimate of drug-likeness (QED) is 0.208. The van der Waals surface area contributed by atoms with Crippen LogP contribution < -0.4 is 9.64 Å². The second kappa shape index (κ2) is 11.9. The Morgan fingerprint density at radius 2 is 1.89 bits per heavy atom. The normalized spacial score (nSPS) is 16.6. The number of hydrogen-bond donors (Lipinski definition) is 1. The molecule has 0 bridgehead atoms. The third kappa shape index (κ3) is 5.25. The van der Waals surface area contributed by atoms with Crippen LogP contribution in [-0.4, -0.2) is 45.7 Å². The fraction of sp³-hybridized carbons (Fsp3) is 0.351. The van der Waals surface area contributed by atoms with Crippen LogP contribution in [0.2, 0.25) is 0 Å². The number of aliphatic carboxylic acids is 1. The lowest BCUT2D eigenvalue weighted by Gasteiger charge is -2.22. The zero-order chi connectivity index (χ0) is 30.2. The third-order valence-corrected chi connectivity index (χ3v) is 9.44. The zero-order valence-corrected chi connectivity index (χ0v) is 25.5. The molecule has 2 aliphatic heterocycles. The largest absolute Gasteiger partial charge is 0.493 e. The second-order valence-corrected chi connectivity index (χ2v) is 12.3. The summed E-state index contributed by atoms with van der Waals surface area (Å²) in [7, 11) is 0. The smallest absolute Gasteiger partial charge is 0.307 e. The van der Waals surface area contributed by atoms with Crippen LogP contribution in [0.4, 0.5) is 5.95 Å². The summed E-state index contributed by atoms with van der Waals surface area (Å²) in [6.45, 7) is 6.94. The van der Waals surface area contributed by atoms with Gasteiger partial charge >= 0.3 is 5.97 Å². The molecule has 7 rings (SSSR count). The molecule has 3 aromatic carbocycles. The molecular formula is C37H38N4O3. The maximum absolute atomic E-state index is 12.1. The lowest BCUT2D eigenvalue weighted by Crippen LogP contribution is -2.26. The summed E-state index contributed by atoms with van der Waals surface area (Å²) in [5.74, 6) is 1.60. The number of anilines is 1. The first-order valence-corrected chi connectivity index (χ1v) is 15.9. The molecule has 2 aromatic heterocycles. The summed E-state index contributed by atoms with van der Waals surface area (Å²) in [5, 5.41) is 13.0. The fourth-order valence-electron chi connectivity index (χ4n) is 7.26. The van der Waals surface area contributed by atoms with Gasteiger partial charge in [0.25, 0.3) is 0 Å². The number of hydrogen-bond acceptors (Lipinski definition) is 6. The first-order chi connectivity index (χ1) is 21.5. The van der Waals surface area contributed by atoms with E-state index in [0.717, 1.165) is 92.2 Å². The van der Waals surface area contributed by atoms with Crippen molar-refractivity contribution in [3.8, 4) is 28.0 Å². The first-order valence-electron chi connectivity index (χ1n) is 15.9. The molecule has 1 fully saturated rings. The van der Waals surface area contributed by atoms with E-state index in [9.17, 15) is 9.90 Å². The highest BCUT2D eigenvalue weighted by Gasteiger charge is 2.23. The summed E-state index contributed by atoms with van der Waals surface area (Å²) in [6.07, 6.45) is 12.7. The molecule has 5 aromatic rings. The molecular weight excluding hydrogens is 548 g/mol. The van der Waals surface area contributed by atoms with E-state index in [2.05, 4.69) is 42.2 Å². The van der Waals surface area contributed by atoms with E-state index >= 15 is 0 Å². The standard InChI is InChI=1S/C37H38N4O3/c1-3-5-24-6-4-15-41(16-12-24)37-39-21-28(22-40-37)26-7-8-29-27(19-26)18-23(2)31(20-33(42)43)35(29)30-9-10-32-34-25(13-17-44-32)11-14-38-36(30)34/h7-11,14,18-19,21-22,24H,3-6,12-13,15-17,20H2,1-2H3,(H,42,43). The van der Waals surface area contributed by atoms with Gasteiger partial charge in [-0.05, 0) is 95.0 Å². The minimum absolute atomic E-state index is 0.0662. The number of pyridine rings is 1. The molecule has 1 unspecified atom stereocenters. The number of fused-ring (bicyclic) bond motifs is 1. The number of ether oxygens (including phenoxy) is 1. The van der Waals surface area contributed by atoms with Crippen molar-refractivity contribution in [1.82, 2.24) is 15.0 Å². The molecule has 0 saturated carbocycles. The maximum Gasteiger partial charge on any atom is 0.307 e. The molecule has 4 heterocycles. The van der Waals surface area contributed by atoms with Crippen molar-refractivity contribution in [3.63, 3.8) is 0 Å².